The number of esters is 1. The summed E-state index contributed by atoms with van der Waals surface area (Å²) in [5, 5.41) is 0. The number of rotatable bonds is 4. The maximum absolute atomic E-state index is 12.5. The summed E-state index contributed by atoms with van der Waals surface area (Å²) in [4.78, 5) is 36.6. The van der Waals surface area contributed by atoms with Gasteiger partial charge in [-0.3, -0.25) is 4.79 Å². The van der Waals surface area contributed by atoms with E-state index in [-0.39, 0.29) is 11.7 Å². The summed E-state index contributed by atoms with van der Waals surface area (Å²) in [6.07, 6.45) is 2.52. The zero-order valence-corrected chi connectivity index (χ0v) is 14.2. The van der Waals surface area contributed by atoms with Crippen molar-refractivity contribution in [2.45, 2.75) is 20.0 Å². The molecule has 3 heterocycles. The fraction of sp³-hybridized carbons (Fsp3) is 0.412. The molecule has 1 unspecified atom stereocenters. The minimum atomic E-state index is -0.863. The van der Waals surface area contributed by atoms with Gasteiger partial charge < -0.3 is 19.0 Å². The van der Waals surface area contributed by atoms with Crippen molar-refractivity contribution >= 4 is 17.8 Å². The molecule has 2 aromatic heterocycles. The van der Waals surface area contributed by atoms with Gasteiger partial charge in [-0.2, -0.15) is 0 Å². The molecule has 2 aromatic rings. The Morgan fingerprint density at radius 2 is 1.84 bits per heavy atom. The fourth-order valence-electron chi connectivity index (χ4n) is 2.65. The normalized spacial score (nSPS) is 15.8. The highest BCUT2D eigenvalue weighted by Crippen LogP contribution is 2.13. The second-order valence-electron chi connectivity index (χ2n) is 5.82. The highest BCUT2D eigenvalue weighted by atomic mass is 16.6. The summed E-state index contributed by atoms with van der Waals surface area (Å²) in [5.74, 6) is 0.520. The van der Waals surface area contributed by atoms with Crippen molar-refractivity contribution in [2.24, 2.45) is 0 Å². The Bertz CT molecular complexity index is 738. The number of carbonyl (C=O) groups is 2. The first-order chi connectivity index (χ1) is 12.0. The predicted molar refractivity (Wildman–Crippen MR) is 89.1 cm³/mol. The van der Waals surface area contributed by atoms with Gasteiger partial charge in [0, 0.05) is 38.6 Å². The van der Waals surface area contributed by atoms with E-state index < -0.39 is 12.1 Å². The van der Waals surface area contributed by atoms with Crippen LogP contribution in [0, 0.1) is 6.92 Å². The topological polar surface area (TPSA) is 88.8 Å². The summed E-state index contributed by atoms with van der Waals surface area (Å²) in [5.41, 5.74) is 0. The fourth-order valence-corrected chi connectivity index (χ4v) is 2.65. The van der Waals surface area contributed by atoms with Crippen LogP contribution >= 0.6 is 0 Å². The van der Waals surface area contributed by atoms with Gasteiger partial charge in [-0.05, 0) is 32.0 Å². The smallest absolute Gasteiger partial charge is 0.375 e. The molecule has 1 atom stereocenters. The minimum Gasteiger partial charge on any atom is -0.454 e. The lowest BCUT2D eigenvalue weighted by Crippen LogP contribution is -2.52. The van der Waals surface area contributed by atoms with E-state index in [1.54, 1.807) is 43.3 Å². The summed E-state index contributed by atoms with van der Waals surface area (Å²) in [7, 11) is 0. The molecule has 1 saturated heterocycles. The van der Waals surface area contributed by atoms with Gasteiger partial charge in [-0.25, -0.2) is 14.8 Å². The van der Waals surface area contributed by atoms with Crippen molar-refractivity contribution < 1.29 is 18.7 Å². The van der Waals surface area contributed by atoms with Crippen LogP contribution in [0.25, 0.3) is 0 Å². The van der Waals surface area contributed by atoms with Gasteiger partial charge in [-0.15, -0.1) is 0 Å². The van der Waals surface area contributed by atoms with Crippen molar-refractivity contribution in [1.82, 2.24) is 14.9 Å². The number of anilines is 1. The van der Waals surface area contributed by atoms with E-state index in [0.717, 1.165) is 0 Å². The molecule has 25 heavy (non-hydrogen) atoms. The lowest BCUT2D eigenvalue weighted by atomic mass is 10.2. The number of furan rings is 1. The van der Waals surface area contributed by atoms with Crippen LogP contribution in [0.1, 0.15) is 23.2 Å². The largest absolute Gasteiger partial charge is 0.454 e. The molecule has 132 valence electrons. The number of carbonyl (C=O) groups excluding carboxylic acids is 2. The van der Waals surface area contributed by atoms with Crippen LogP contribution in [0.5, 0.6) is 0 Å². The molecule has 0 aromatic carbocycles. The molecule has 1 fully saturated rings. The third-order valence-corrected chi connectivity index (χ3v) is 4.00. The van der Waals surface area contributed by atoms with Gasteiger partial charge in [0.25, 0.3) is 5.91 Å². The molecule has 0 aliphatic carbocycles. The van der Waals surface area contributed by atoms with Crippen LogP contribution in [-0.2, 0) is 9.53 Å². The van der Waals surface area contributed by atoms with Crippen molar-refractivity contribution in [3.63, 3.8) is 0 Å². The lowest BCUT2D eigenvalue weighted by Gasteiger charge is -2.35. The maximum atomic E-state index is 12.5. The number of hydrogen-bond acceptors (Lipinski definition) is 7. The Balaban J connectivity index is 1.52. The number of ether oxygens (including phenoxy) is 1. The van der Waals surface area contributed by atoms with E-state index in [2.05, 4.69) is 9.97 Å². The molecule has 1 amide bonds. The van der Waals surface area contributed by atoms with Crippen molar-refractivity contribution in [2.75, 3.05) is 31.1 Å². The first-order valence-corrected chi connectivity index (χ1v) is 8.13. The molecule has 0 radical (unpaired) electrons. The molecule has 0 N–H and O–H groups in total. The Hall–Kier alpha value is -2.90. The molecule has 1 aliphatic rings. The van der Waals surface area contributed by atoms with Crippen LogP contribution in [0.2, 0.25) is 0 Å². The number of hydrogen-bond donors (Lipinski definition) is 0. The molecule has 8 heteroatoms. The summed E-state index contributed by atoms with van der Waals surface area (Å²) < 4.78 is 10.4. The first-order valence-electron chi connectivity index (χ1n) is 8.13. The van der Waals surface area contributed by atoms with E-state index in [0.29, 0.717) is 37.9 Å². The van der Waals surface area contributed by atoms with E-state index in [1.165, 1.54) is 6.07 Å². The van der Waals surface area contributed by atoms with Crippen molar-refractivity contribution in [3.8, 4) is 0 Å². The Morgan fingerprint density at radius 3 is 2.44 bits per heavy atom. The zero-order chi connectivity index (χ0) is 17.8. The number of nitrogens with zero attached hydrogens (tertiary/aromatic N) is 4. The number of aryl methyl sites for hydroxylation is 1. The monoisotopic (exact) mass is 344 g/mol. The first kappa shape index (κ1) is 16.9. The number of piperazine rings is 1. The maximum Gasteiger partial charge on any atom is 0.375 e. The molecular weight excluding hydrogens is 324 g/mol. The Morgan fingerprint density at radius 1 is 1.16 bits per heavy atom. The van der Waals surface area contributed by atoms with Gasteiger partial charge in [0.05, 0.1) is 0 Å². The van der Waals surface area contributed by atoms with Crippen LogP contribution in [0.15, 0.2) is 35.0 Å². The van der Waals surface area contributed by atoms with E-state index >= 15 is 0 Å². The third-order valence-electron chi connectivity index (χ3n) is 4.00. The average Bonchev–Trinajstić information content (AvgIpc) is 3.08. The highest BCUT2D eigenvalue weighted by Gasteiger charge is 2.28. The number of amides is 1. The SMILES string of the molecule is Cc1ccc(C(=O)OC(C)C(=O)N2CCN(c3ncccn3)CC2)o1. The summed E-state index contributed by atoms with van der Waals surface area (Å²) >= 11 is 0. The van der Waals surface area contributed by atoms with Crippen molar-refractivity contribution in [1.29, 1.82) is 0 Å². The van der Waals surface area contributed by atoms with E-state index in [1.807, 2.05) is 4.90 Å². The summed E-state index contributed by atoms with van der Waals surface area (Å²) in [6, 6.07) is 4.97. The van der Waals surface area contributed by atoms with Gasteiger partial charge >= 0.3 is 5.97 Å². The molecular formula is C17H20N4O4. The third kappa shape index (κ3) is 3.96. The Labute approximate surface area is 145 Å². The second-order valence-corrected chi connectivity index (χ2v) is 5.82. The zero-order valence-electron chi connectivity index (χ0n) is 14.2. The summed E-state index contributed by atoms with van der Waals surface area (Å²) in [6.45, 7) is 5.63. The quantitative estimate of drug-likeness (QED) is 0.772. The minimum absolute atomic E-state index is 0.100. The molecule has 1 aliphatic heterocycles. The second kappa shape index (κ2) is 7.33. The predicted octanol–water partition coefficient (Wildman–Crippen LogP) is 1.27. The van der Waals surface area contributed by atoms with E-state index in [9.17, 15) is 9.59 Å². The van der Waals surface area contributed by atoms with Gasteiger partial charge in [0.15, 0.2) is 6.10 Å². The van der Waals surface area contributed by atoms with Gasteiger partial charge in [0.2, 0.25) is 11.7 Å². The average molecular weight is 344 g/mol. The Kier molecular flexibility index (Phi) is 4.97. The lowest BCUT2D eigenvalue weighted by molar-refractivity contribution is -0.140. The molecule has 8 nitrogen and oxygen atoms in total. The number of aromatic nitrogens is 2. The van der Waals surface area contributed by atoms with E-state index in [4.69, 9.17) is 9.15 Å². The van der Waals surface area contributed by atoms with Crippen LogP contribution < -0.4 is 4.90 Å². The van der Waals surface area contributed by atoms with Crippen LogP contribution in [-0.4, -0.2) is 59.0 Å². The van der Waals surface area contributed by atoms with Crippen molar-refractivity contribution in [3.05, 3.63) is 42.1 Å². The molecule has 0 saturated carbocycles. The van der Waals surface area contributed by atoms with Crippen LogP contribution in [0.4, 0.5) is 5.95 Å². The van der Waals surface area contributed by atoms with Gasteiger partial charge in [0.1, 0.15) is 5.76 Å². The highest BCUT2D eigenvalue weighted by molar-refractivity contribution is 5.90. The molecule has 3 rings (SSSR count). The molecule has 0 spiro atoms. The molecule has 0 bridgehead atoms. The van der Waals surface area contributed by atoms with Crippen LogP contribution in [0.3, 0.4) is 0 Å². The van der Waals surface area contributed by atoms with Gasteiger partial charge in [-0.1, -0.05) is 0 Å². The standard InChI is InChI=1S/C17H20N4O4/c1-12-4-5-14(24-12)16(23)25-13(2)15(22)20-8-10-21(11-9-20)17-18-6-3-7-19-17/h3-7,13H,8-11H2,1-2H3.